The Labute approximate surface area is 334 Å². The normalized spacial score (nSPS) is 11.4. The second kappa shape index (κ2) is 14.0. The average molecular weight is 744 g/mol. The van der Waals surface area contributed by atoms with Crippen LogP contribution in [0.2, 0.25) is 0 Å². The van der Waals surface area contributed by atoms with Crippen LogP contribution < -0.4 is 0 Å². The Hall–Kier alpha value is -7.96. The zero-order valence-corrected chi connectivity index (χ0v) is 31.2. The number of hydrogen-bond donors (Lipinski definition) is 0. The maximum Gasteiger partial charge on any atom is 0.227 e. The van der Waals surface area contributed by atoms with Gasteiger partial charge >= 0.3 is 0 Å². The molecule has 3 aromatic heterocycles. The fourth-order valence-electron chi connectivity index (χ4n) is 7.88. The first-order valence-electron chi connectivity index (χ1n) is 19.3. The van der Waals surface area contributed by atoms with Crippen molar-refractivity contribution < 1.29 is 4.42 Å². The molecule has 0 aliphatic carbocycles. The SMILES string of the molecule is c1ccc(-c2nc(-c3ccc(-c4ccc(-c5ccc6oc(-c7ccccc7)nc6c5)cc4)cc3)nc(-c3cccc4c3c3ccccc3n4-c3ccccc3)n2)cc1. The van der Waals surface area contributed by atoms with Crippen molar-refractivity contribution >= 4 is 32.9 Å². The van der Waals surface area contributed by atoms with Crippen molar-refractivity contribution in [2.75, 3.05) is 0 Å². The highest BCUT2D eigenvalue weighted by Gasteiger charge is 2.19. The molecule has 58 heavy (non-hydrogen) atoms. The molecule has 8 aromatic carbocycles. The van der Waals surface area contributed by atoms with Crippen molar-refractivity contribution in [3.05, 3.63) is 200 Å². The number of aromatic nitrogens is 5. The van der Waals surface area contributed by atoms with Crippen LogP contribution in [0.1, 0.15) is 0 Å². The molecule has 3 heterocycles. The molecule has 0 aliphatic rings. The van der Waals surface area contributed by atoms with E-state index in [9.17, 15) is 0 Å². The van der Waals surface area contributed by atoms with E-state index in [4.69, 9.17) is 24.4 Å². The molecule has 6 heteroatoms. The fourth-order valence-corrected chi connectivity index (χ4v) is 7.88. The van der Waals surface area contributed by atoms with Gasteiger partial charge in [0.05, 0.1) is 11.0 Å². The lowest BCUT2D eigenvalue weighted by molar-refractivity contribution is 0.620. The van der Waals surface area contributed by atoms with E-state index < -0.39 is 0 Å². The van der Waals surface area contributed by atoms with Crippen molar-refractivity contribution in [3.8, 4) is 73.6 Å². The lowest BCUT2D eigenvalue weighted by atomic mass is 9.99. The molecule has 0 radical (unpaired) electrons. The van der Waals surface area contributed by atoms with Crippen molar-refractivity contribution in [1.82, 2.24) is 24.5 Å². The van der Waals surface area contributed by atoms with E-state index in [-0.39, 0.29) is 0 Å². The Kier molecular flexibility index (Phi) is 8.04. The number of fused-ring (bicyclic) bond motifs is 4. The average Bonchev–Trinajstić information content (AvgIpc) is 3.89. The summed E-state index contributed by atoms with van der Waals surface area (Å²) in [4.78, 5) is 20.1. The summed E-state index contributed by atoms with van der Waals surface area (Å²) < 4.78 is 8.36. The molecule has 0 saturated carbocycles. The van der Waals surface area contributed by atoms with E-state index in [0.29, 0.717) is 23.4 Å². The quantitative estimate of drug-likeness (QED) is 0.163. The van der Waals surface area contributed by atoms with Crippen LogP contribution in [0.25, 0.3) is 106 Å². The van der Waals surface area contributed by atoms with Gasteiger partial charge in [0.25, 0.3) is 0 Å². The van der Waals surface area contributed by atoms with Crippen molar-refractivity contribution in [1.29, 1.82) is 0 Å². The van der Waals surface area contributed by atoms with E-state index in [0.717, 1.165) is 83.1 Å². The van der Waals surface area contributed by atoms with E-state index in [2.05, 4.69) is 132 Å². The molecule has 0 spiro atoms. The highest BCUT2D eigenvalue weighted by molar-refractivity contribution is 6.15. The summed E-state index contributed by atoms with van der Waals surface area (Å²) in [5, 5.41) is 2.25. The van der Waals surface area contributed by atoms with E-state index >= 15 is 0 Å². The van der Waals surface area contributed by atoms with Crippen molar-refractivity contribution in [2.24, 2.45) is 0 Å². The maximum absolute atomic E-state index is 6.05. The molecule has 11 rings (SSSR count). The van der Waals surface area contributed by atoms with Gasteiger partial charge in [-0.25, -0.2) is 19.9 Å². The Morgan fingerprint density at radius 1 is 0.362 bits per heavy atom. The monoisotopic (exact) mass is 743 g/mol. The molecular formula is C52H33N5O. The number of rotatable bonds is 7. The van der Waals surface area contributed by atoms with Gasteiger partial charge in [0.15, 0.2) is 23.1 Å². The van der Waals surface area contributed by atoms with Crippen LogP contribution in [0, 0.1) is 0 Å². The van der Waals surface area contributed by atoms with Gasteiger partial charge in [-0.05, 0) is 70.8 Å². The van der Waals surface area contributed by atoms with Crippen LogP contribution in [0.15, 0.2) is 205 Å². The third kappa shape index (κ3) is 5.92. The Morgan fingerprint density at radius 3 is 1.57 bits per heavy atom. The van der Waals surface area contributed by atoms with Crippen LogP contribution in [-0.4, -0.2) is 24.5 Å². The molecule has 0 saturated heterocycles. The van der Waals surface area contributed by atoms with Crippen LogP contribution in [0.3, 0.4) is 0 Å². The summed E-state index contributed by atoms with van der Waals surface area (Å²) in [7, 11) is 0. The lowest BCUT2D eigenvalue weighted by Gasteiger charge is -2.11. The minimum absolute atomic E-state index is 0.619. The first-order chi connectivity index (χ1) is 28.7. The highest BCUT2D eigenvalue weighted by Crippen LogP contribution is 2.39. The molecule has 0 N–H and O–H groups in total. The lowest BCUT2D eigenvalue weighted by Crippen LogP contribution is -2.00. The summed E-state index contributed by atoms with van der Waals surface area (Å²) in [5.74, 6) is 2.50. The van der Waals surface area contributed by atoms with Gasteiger partial charge in [0.1, 0.15) is 5.52 Å². The summed E-state index contributed by atoms with van der Waals surface area (Å²) in [5.41, 5.74) is 13.1. The summed E-state index contributed by atoms with van der Waals surface area (Å²) >= 11 is 0. The van der Waals surface area contributed by atoms with E-state index in [1.165, 1.54) is 0 Å². The maximum atomic E-state index is 6.05. The first kappa shape index (κ1) is 33.4. The van der Waals surface area contributed by atoms with Crippen molar-refractivity contribution in [2.45, 2.75) is 0 Å². The van der Waals surface area contributed by atoms with Gasteiger partial charge in [-0.15, -0.1) is 0 Å². The van der Waals surface area contributed by atoms with Crippen LogP contribution >= 0.6 is 0 Å². The molecule has 272 valence electrons. The molecule has 6 nitrogen and oxygen atoms in total. The molecule has 0 aliphatic heterocycles. The third-order valence-electron chi connectivity index (χ3n) is 10.7. The minimum Gasteiger partial charge on any atom is -0.436 e. The van der Waals surface area contributed by atoms with Gasteiger partial charge in [0, 0.05) is 38.7 Å². The fraction of sp³-hybridized carbons (Fsp3) is 0. The molecule has 0 atom stereocenters. The predicted molar refractivity (Wildman–Crippen MR) is 234 cm³/mol. The van der Waals surface area contributed by atoms with Crippen LogP contribution in [0.4, 0.5) is 0 Å². The van der Waals surface area contributed by atoms with Gasteiger partial charge in [-0.2, -0.15) is 0 Å². The zero-order chi connectivity index (χ0) is 38.4. The summed E-state index contributed by atoms with van der Waals surface area (Å²) in [6.07, 6.45) is 0. The van der Waals surface area contributed by atoms with Crippen molar-refractivity contribution in [3.63, 3.8) is 0 Å². The smallest absolute Gasteiger partial charge is 0.227 e. The molecule has 0 bridgehead atoms. The minimum atomic E-state index is 0.619. The van der Waals surface area contributed by atoms with Gasteiger partial charge < -0.3 is 8.98 Å². The molecule has 0 fully saturated rings. The largest absolute Gasteiger partial charge is 0.436 e. The highest BCUT2D eigenvalue weighted by atomic mass is 16.3. The number of para-hydroxylation sites is 2. The summed E-state index contributed by atoms with van der Waals surface area (Å²) in [6, 6.07) is 68.8. The molecule has 11 aromatic rings. The Morgan fingerprint density at radius 2 is 0.879 bits per heavy atom. The Bertz CT molecular complexity index is 3250. The van der Waals surface area contributed by atoms with Crippen LogP contribution in [0.5, 0.6) is 0 Å². The number of benzene rings is 8. The number of hydrogen-bond acceptors (Lipinski definition) is 5. The van der Waals surface area contributed by atoms with Gasteiger partial charge in [-0.3, -0.25) is 0 Å². The molecular weight excluding hydrogens is 711 g/mol. The van der Waals surface area contributed by atoms with Crippen LogP contribution in [-0.2, 0) is 0 Å². The standard InChI is InChI=1S/C52H33N5O/c1-4-13-37(14-5-1)49-54-50(56-51(55-49)43-20-12-22-46-48(43)42-19-10-11-21-45(42)57(46)41-17-8-3-9-18-41)38-29-27-35(28-30-38)34-23-25-36(26-24-34)40-31-32-47-44(33-40)53-52(58-47)39-15-6-2-7-16-39/h1-33H. The second-order valence-electron chi connectivity index (χ2n) is 14.3. The van der Waals surface area contributed by atoms with Gasteiger partial charge in [-0.1, -0.05) is 152 Å². The third-order valence-corrected chi connectivity index (χ3v) is 10.7. The van der Waals surface area contributed by atoms with Gasteiger partial charge in [0.2, 0.25) is 5.89 Å². The topological polar surface area (TPSA) is 69.6 Å². The predicted octanol–water partition coefficient (Wildman–Crippen LogP) is 13.1. The Balaban J connectivity index is 0.952. The number of nitrogens with zero attached hydrogens (tertiary/aromatic N) is 5. The second-order valence-corrected chi connectivity index (χ2v) is 14.3. The first-order valence-corrected chi connectivity index (χ1v) is 19.3. The zero-order valence-electron chi connectivity index (χ0n) is 31.2. The molecule has 0 amide bonds. The van der Waals surface area contributed by atoms with E-state index in [1.54, 1.807) is 0 Å². The molecule has 0 unspecified atom stereocenters. The van der Waals surface area contributed by atoms with E-state index in [1.807, 2.05) is 72.8 Å². The summed E-state index contributed by atoms with van der Waals surface area (Å²) in [6.45, 7) is 0. The number of oxazole rings is 1.